The second-order valence-electron chi connectivity index (χ2n) is 2.64. The molecule has 0 aliphatic rings. The number of rotatable bonds is 2. The molecule has 0 aliphatic carbocycles. The van der Waals surface area contributed by atoms with Gasteiger partial charge in [0.05, 0.1) is 6.20 Å². The average Bonchev–Trinajstić information content (AvgIpc) is 2.59. The normalized spacial score (nSPS) is 10.0. The molecule has 3 nitrogen and oxygen atoms in total. The fraction of sp³-hybridized carbons (Fsp3) is 0.111. The van der Waals surface area contributed by atoms with Crippen molar-refractivity contribution in [1.29, 1.82) is 0 Å². The highest BCUT2D eigenvalue weighted by Gasteiger charge is 1.95. The summed E-state index contributed by atoms with van der Waals surface area (Å²) in [5.41, 5.74) is 2.39. The quantitative estimate of drug-likeness (QED) is 0.719. The number of hydrogen-bond donors (Lipinski definition) is 1. The van der Waals surface area contributed by atoms with Gasteiger partial charge in [0, 0.05) is 25.0 Å². The third-order valence-electron chi connectivity index (χ3n) is 1.69. The first-order valence-corrected chi connectivity index (χ1v) is 3.82. The number of aromatic amines is 1. The molecule has 1 N–H and O–H groups in total. The van der Waals surface area contributed by atoms with Crippen LogP contribution in [0.1, 0.15) is 11.1 Å². The Morgan fingerprint density at radius 3 is 2.92 bits per heavy atom. The van der Waals surface area contributed by atoms with Gasteiger partial charge in [-0.15, -0.1) is 0 Å². The van der Waals surface area contributed by atoms with Gasteiger partial charge >= 0.3 is 0 Å². The van der Waals surface area contributed by atoms with E-state index in [0.29, 0.717) is 0 Å². The Labute approximate surface area is 70.5 Å². The topological polar surface area (TPSA) is 41.6 Å². The van der Waals surface area contributed by atoms with E-state index in [4.69, 9.17) is 0 Å². The third-order valence-corrected chi connectivity index (χ3v) is 1.69. The minimum atomic E-state index is 0.893. The van der Waals surface area contributed by atoms with E-state index in [1.54, 1.807) is 6.20 Å². The van der Waals surface area contributed by atoms with Crippen LogP contribution in [0.2, 0.25) is 0 Å². The van der Waals surface area contributed by atoms with Gasteiger partial charge in [0.2, 0.25) is 0 Å². The SMILES string of the molecule is c1cncc(Cc2cn[nH]c2)c1. The van der Waals surface area contributed by atoms with Crippen molar-refractivity contribution in [2.75, 3.05) is 0 Å². The van der Waals surface area contributed by atoms with Gasteiger partial charge in [0.1, 0.15) is 0 Å². The van der Waals surface area contributed by atoms with E-state index < -0.39 is 0 Å². The molecule has 0 saturated heterocycles. The molecule has 2 rings (SSSR count). The van der Waals surface area contributed by atoms with Gasteiger partial charge in [-0.05, 0) is 17.2 Å². The van der Waals surface area contributed by atoms with Gasteiger partial charge in [-0.1, -0.05) is 6.07 Å². The van der Waals surface area contributed by atoms with E-state index in [9.17, 15) is 0 Å². The van der Waals surface area contributed by atoms with Crippen molar-refractivity contribution < 1.29 is 0 Å². The second-order valence-corrected chi connectivity index (χ2v) is 2.64. The first-order valence-electron chi connectivity index (χ1n) is 3.82. The Morgan fingerprint density at radius 2 is 2.25 bits per heavy atom. The standard InChI is InChI=1S/C9H9N3/c1-2-8(5-10-3-1)4-9-6-11-12-7-9/h1-3,5-7H,4H2,(H,11,12). The summed E-state index contributed by atoms with van der Waals surface area (Å²) in [7, 11) is 0. The fourth-order valence-electron chi connectivity index (χ4n) is 1.11. The third kappa shape index (κ3) is 1.50. The molecule has 2 aromatic heterocycles. The molecule has 0 aliphatic heterocycles. The number of aromatic nitrogens is 3. The van der Waals surface area contributed by atoms with Crippen molar-refractivity contribution in [3.8, 4) is 0 Å². The van der Waals surface area contributed by atoms with Crippen LogP contribution in [-0.2, 0) is 6.42 Å². The van der Waals surface area contributed by atoms with Gasteiger partial charge < -0.3 is 0 Å². The van der Waals surface area contributed by atoms with Gasteiger partial charge in [-0.3, -0.25) is 10.1 Å². The number of hydrogen-bond acceptors (Lipinski definition) is 2. The molecule has 0 unspecified atom stereocenters. The fourth-order valence-corrected chi connectivity index (χ4v) is 1.11. The Morgan fingerprint density at radius 1 is 1.25 bits per heavy atom. The second kappa shape index (κ2) is 3.17. The molecular weight excluding hydrogens is 150 g/mol. The van der Waals surface area contributed by atoms with Crippen LogP contribution >= 0.6 is 0 Å². The molecule has 0 bridgehead atoms. The molecule has 0 saturated carbocycles. The van der Waals surface area contributed by atoms with Crippen molar-refractivity contribution in [1.82, 2.24) is 15.2 Å². The Hall–Kier alpha value is -1.64. The number of H-pyrrole nitrogens is 1. The first kappa shape index (κ1) is 7.03. The lowest BCUT2D eigenvalue weighted by atomic mass is 10.1. The van der Waals surface area contributed by atoms with Crippen LogP contribution in [0.25, 0.3) is 0 Å². The summed E-state index contributed by atoms with van der Waals surface area (Å²) >= 11 is 0. The molecule has 60 valence electrons. The minimum Gasteiger partial charge on any atom is -0.285 e. The highest BCUT2D eigenvalue weighted by molar-refractivity contribution is 5.18. The Kier molecular flexibility index (Phi) is 1.86. The highest BCUT2D eigenvalue weighted by atomic mass is 15.1. The van der Waals surface area contributed by atoms with E-state index in [-0.39, 0.29) is 0 Å². The zero-order chi connectivity index (χ0) is 8.23. The maximum Gasteiger partial charge on any atom is 0.0522 e. The highest BCUT2D eigenvalue weighted by Crippen LogP contribution is 2.04. The molecule has 12 heavy (non-hydrogen) atoms. The van der Waals surface area contributed by atoms with Gasteiger partial charge in [0.15, 0.2) is 0 Å². The van der Waals surface area contributed by atoms with Crippen molar-refractivity contribution >= 4 is 0 Å². The molecule has 2 aromatic rings. The summed E-state index contributed by atoms with van der Waals surface area (Å²) in [6.07, 6.45) is 8.26. The molecule has 0 radical (unpaired) electrons. The lowest BCUT2D eigenvalue weighted by Gasteiger charge is -1.94. The summed E-state index contributed by atoms with van der Waals surface area (Å²) in [5.74, 6) is 0. The smallest absolute Gasteiger partial charge is 0.0522 e. The number of nitrogens with zero attached hydrogens (tertiary/aromatic N) is 2. The lowest BCUT2D eigenvalue weighted by molar-refractivity contribution is 1.09. The molecule has 2 heterocycles. The molecule has 0 spiro atoms. The van der Waals surface area contributed by atoms with Crippen LogP contribution in [0.4, 0.5) is 0 Å². The summed E-state index contributed by atoms with van der Waals surface area (Å²) < 4.78 is 0. The van der Waals surface area contributed by atoms with E-state index in [1.807, 2.05) is 24.7 Å². The van der Waals surface area contributed by atoms with Crippen LogP contribution in [0.5, 0.6) is 0 Å². The van der Waals surface area contributed by atoms with Crippen molar-refractivity contribution in [2.45, 2.75) is 6.42 Å². The first-order chi connectivity index (χ1) is 5.95. The van der Waals surface area contributed by atoms with Crippen molar-refractivity contribution in [3.05, 3.63) is 48.0 Å². The van der Waals surface area contributed by atoms with E-state index in [0.717, 1.165) is 6.42 Å². The van der Waals surface area contributed by atoms with E-state index in [1.165, 1.54) is 11.1 Å². The van der Waals surface area contributed by atoms with Crippen LogP contribution in [0, 0.1) is 0 Å². The maximum atomic E-state index is 4.03. The minimum absolute atomic E-state index is 0.893. The largest absolute Gasteiger partial charge is 0.285 e. The van der Waals surface area contributed by atoms with Crippen molar-refractivity contribution in [3.63, 3.8) is 0 Å². The van der Waals surface area contributed by atoms with Gasteiger partial charge in [0.25, 0.3) is 0 Å². The van der Waals surface area contributed by atoms with Crippen molar-refractivity contribution in [2.24, 2.45) is 0 Å². The van der Waals surface area contributed by atoms with Gasteiger partial charge in [-0.2, -0.15) is 5.10 Å². The summed E-state index contributed by atoms with van der Waals surface area (Å²) in [6, 6.07) is 4.00. The predicted octanol–water partition coefficient (Wildman–Crippen LogP) is 1.40. The average molecular weight is 159 g/mol. The zero-order valence-electron chi connectivity index (χ0n) is 6.57. The molecule has 0 atom stereocenters. The monoisotopic (exact) mass is 159 g/mol. The summed E-state index contributed by atoms with van der Waals surface area (Å²) in [4.78, 5) is 4.03. The Bertz CT molecular complexity index is 326. The Balaban J connectivity index is 2.15. The maximum absolute atomic E-state index is 4.03. The zero-order valence-corrected chi connectivity index (χ0v) is 6.57. The number of nitrogens with one attached hydrogen (secondary N) is 1. The van der Waals surface area contributed by atoms with Crippen LogP contribution in [-0.4, -0.2) is 15.2 Å². The van der Waals surface area contributed by atoms with Gasteiger partial charge in [-0.25, -0.2) is 0 Å². The molecule has 3 heteroatoms. The molecule has 0 aromatic carbocycles. The predicted molar refractivity (Wildman–Crippen MR) is 45.6 cm³/mol. The van der Waals surface area contributed by atoms with Crippen LogP contribution < -0.4 is 0 Å². The molecule has 0 fully saturated rings. The lowest BCUT2D eigenvalue weighted by Crippen LogP contribution is -1.85. The van der Waals surface area contributed by atoms with Crippen LogP contribution in [0.3, 0.4) is 0 Å². The molecule has 0 amide bonds. The number of pyridine rings is 1. The molecular formula is C9H9N3. The van der Waals surface area contributed by atoms with E-state index >= 15 is 0 Å². The summed E-state index contributed by atoms with van der Waals surface area (Å²) in [5, 5.41) is 6.65. The summed E-state index contributed by atoms with van der Waals surface area (Å²) in [6.45, 7) is 0. The van der Waals surface area contributed by atoms with E-state index in [2.05, 4.69) is 21.2 Å². The van der Waals surface area contributed by atoms with Crippen LogP contribution in [0.15, 0.2) is 36.9 Å².